The highest BCUT2D eigenvalue weighted by Gasteiger charge is 2.22. The Morgan fingerprint density at radius 1 is 1.21 bits per heavy atom. The first-order chi connectivity index (χ1) is 6.43. The van der Waals surface area contributed by atoms with Crippen molar-refractivity contribution in [3.63, 3.8) is 0 Å². The molecule has 1 nitrogen and oxygen atoms in total. The maximum absolute atomic E-state index is 12.1. The lowest BCUT2D eigenvalue weighted by Gasteiger charge is -2.04. The topological polar surface area (TPSA) is 17.1 Å². The SMILES string of the molecule is O=C(c1cc(Cl)cc(Cl)c1Cl)C(F)F. The third-order valence-electron chi connectivity index (χ3n) is 1.46. The molecule has 1 aromatic carbocycles. The molecule has 0 unspecified atom stereocenters. The molecule has 0 amide bonds. The van der Waals surface area contributed by atoms with Crippen molar-refractivity contribution in [1.29, 1.82) is 0 Å². The molecule has 0 spiro atoms. The molecule has 0 atom stereocenters. The summed E-state index contributed by atoms with van der Waals surface area (Å²) in [5, 5.41) is -0.145. The maximum atomic E-state index is 12.1. The predicted octanol–water partition coefficient (Wildman–Crippen LogP) is 4.09. The third-order valence-corrected chi connectivity index (χ3v) is 2.48. The molecular formula is C8H3Cl3F2O. The van der Waals surface area contributed by atoms with Crippen molar-refractivity contribution in [2.24, 2.45) is 0 Å². The first-order valence-corrected chi connectivity index (χ1v) is 4.53. The number of Topliss-reactive ketones (excluding diaryl/α,β-unsaturated/α-hetero) is 1. The van der Waals surface area contributed by atoms with Gasteiger partial charge in [0.25, 0.3) is 0 Å². The van der Waals surface area contributed by atoms with Crippen LogP contribution < -0.4 is 0 Å². The second-order valence-electron chi connectivity index (χ2n) is 2.41. The second-order valence-corrected chi connectivity index (χ2v) is 3.64. The van der Waals surface area contributed by atoms with Crippen LogP contribution in [0.1, 0.15) is 10.4 Å². The molecule has 14 heavy (non-hydrogen) atoms. The Kier molecular flexibility index (Phi) is 3.70. The number of hydrogen-bond donors (Lipinski definition) is 0. The van der Waals surface area contributed by atoms with E-state index in [9.17, 15) is 13.6 Å². The van der Waals surface area contributed by atoms with Crippen molar-refractivity contribution in [3.05, 3.63) is 32.8 Å². The molecule has 76 valence electrons. The van der Waals surface area contributed by atoms with Gasteiger partial charge in [0.1, 0.15) is 0 Å². The number of benzene rings is 1. The van der Waals surface area contributed by atoms with E-state index in [1.54, 1.807) is 0 Å². The Morgan fingerprint density at radius 2 is 1.79 bits per heavy atom. The van der Waals surface area contributed by atoms with Gasteiger partial charge in [0.15, 0.2) is 0 Å². The van der Waals surface area contributed by atoms with Gasteiger partial charge in [0, 0.05) is 10.6 Å². The lowest BCUT2D eigenvalue weighted by atomic mass is 10.1. The Labute approximate surface area is 93.6 Å². The van der Waals surface area contributed by atoms with Crippen LogP contribution in [0.25, 0.3) is 0 Å². The number of halogens is 5. The van der Waals surface area contributed by atoms with E-state index in [1.807, 2.05) is 0 Å². The van der Waals surface area contributed by atoms with Crippen LogP contribution in [0, 0.1) is 0 Å². The van der Waals surface area contributed by atoms with Gasteiger partial charge in [0.2, 0.25) is 5.78 Å². The number of carbonyl (C=O) groups is 1. The highest BCUT2D eigenvalue weighted by atomic mass is 35.5. The molecular weight excluding hydrogens is 256 g/mol. The normalized spacial score (nSPS) is 10.7. The largest absolute Gasteiger partial charge is 0.300 e. The molecule has 0 fully saturated rings. The van der Waals surface area contributed by atoms with E-state index in [0.29, 0.717) is 0 Å². The van der Waals surface area contributed by atoms with Gasteiger partial charge in [-0.25, -0.2) is 8.78 Å². The lowest BCUT2D eigenvalue weighted by Crippen LogP contribution is -2.10. The molecule has 1 aromatic rings. The second kappa shape index (κ2) is 4.43. The van der Waals surface area contributed by atoms with Crippen molar-refractivity contribution >= 4 is 40.6 Å². The standard InChI is InChI=1S/C8H3Cl3F2O/c9-3-1-4(7(14)8(12)13)6(11)5(10)2-3/h1-2,8H. The average molecular weight is 259 g/mol. The minimum Gasteiger partial charge on any atom is -0.288 e. The van der Waals surface area contributed by atoms with Crippen molar-refractivity contribution in [1.82, 2.24) is 0 Å². The van der Waals surface area contributed by atoms with Gasteiger partial charge >= 0.3 is 6.43 Å². The number of hydrogen-bond acceptors (Lipinski definition) is 1. The summed E-state index contributed by atoms with van der Waals surface area (Å²) in [4.78, 5) is 10.9. The summed E-state index contributed by atoms with van der Waals surface area (Å²) in [5.41, 5.74) is -0.362. The summed E-state index contributed by atoms with van der Waals surface area (Å²) in [6.07, 6.45) is -3.12. The molecule has 0 heterocycles. The van der Waals surface area contributed by atoms with Crippen LogP contribution >= 0.6 is 34.8 Å². The zero-order valence-electron chi connectivity index (χ0n) is 6.53. The first-order valence-electron chi connectivity index (χ1n) is 3.40. The number of alkyl halides is 2. The Morgan fingerprint density at radius 3 is 2.29 bits per heavy atom. The van der Waals surface area contributed by atoms with Crippen molar-refractivity contribution in [2.45, 2.75) is 6.43 Å². The fourth-order valence-electron chi connectivity index (χ4n) is 0.853. The van der Waals surface area contributed by atoms with E-state index in [4.69, 9.17) is 34.8 Å². The molecule has 0 aliphatic heterocycles. The van der Waals surface area contributed by atoms with Crippen molar-refractivity contribution < 1.29 is 13.6 Å². The van der Waals surface area contributed by atoms with E-state index in [0.717, 1.165) is 6.07 Å². The smallest absolute Gasteiger partial charge is 0.288 e. The molecule has 0 saturated carbocycles. The van der Waals surface area contributed by atoms with Gasteiger partial charge in [-0.05, 0) is 12.1 Å². The highest BCUT2D eigenvalue weighted by molar-refractivity contribution is 6.45. The third kappa shape index (κ3) is 2.35. The number of rotatable bonds is 2. The summed E-state index contributed by atoms with van der Waals surface area (Å²) < 4.78 is 24.1. The zero-order valence-corrected chi connectivity index (χ0v) is 8.80. The van der Waals surface area contributed by atoms with Gasteiger partial charge in [-0.3, -0.25) is 4.79 Å². The van der Waals surface area contributed by atoms with Crippen LogP contribution in [0.3, 0.4) is 0 Å². The molecule has 0 aliphatic rings. The van der Waals surface area contributed by atoms with Crippen LogP contribution in [-0.2, 0) is 0 Å². The molecule has 0 bridgehead atoms. The van der Waals surface area contributed by atoms with Crippen LogP contribution in [0.4, 0.5) is 8.78 Å². The lowest BCUT2D eigenvalue weighted by molar-refractivity contribution is 0.0679. The fraction of sp³-hybridized carbons (Fsp3) is 0.125. The quantitative estimate of drug-likeness (QED) is 0.577. The Bertz CT molecular complexity index is 379. The highest BCUT2D eigenvalue weighted by Crippen LogP contribution is 2.30. The van der Waals surface area contributed by atoms with Crippen molar-refractivity contribution in [3.8, 4) is 0 Å². The van der Waals surface area contributed by atoms with Gasteiger partial charge in [-0.1, -0.05) is 34.8 Å². The zero-order chi connectivity index (χ0) is 10.9. The Hall–Kier alpha value is -0.380. The maximum Gasteiger partial charge on any atom is 0.300 e. The minimum absolute atomic E-state index is 0.0248. The van der Waals surface area contributed by atoms with Crippen LogP contribution in [0.5, 0.6) is 0 Å². The molecule has 0 saturated heterocycles. The van der Waals surface area contributed by atoms with Gasteiger partial charge in [0.05, 0.1) is 10.0 Å². The average Bonchev–Trinajstić information content (AvgIpc) is 2.09. The number of ketones is 1. The summed E-state index contributed by atoms with van der Waals surface area (Å²) in [7, 11) is 0. The summed E-state index contributed by atoms with van der Waals surface area (Å²) in [6.45, 7) is 0. The minimum atomic E-state index is -3.12. The molecule has 0 aromatic heterocycles. The van der Waals surface area contributed by atoms with Crippen molar-refractivity contribution in [2.75, 3.05) is 0 Å². The van der Waals surface area contributed by atoms with E-state index >= 15 is 0 Å². The number of carbonyl (C=O) groups excluding carboxylic acids is 1. The fourth-order valence-corrected chi connectivity index (χ4v) is 1.55. The van der Waals surface area contributed by atoms with Crippen LogP contribution in [0.15, 0.2) is 12.1 Å². The Balaban J connectivity index is 3.27. The predicted molar refractivity (Wildman–Crippen MR) is 51.8 cm³/mol. The van der Waals surface area contributed by atoms with Crippen LogP contribution in [0.2, 0.25) is 15.1 Å². The summed E-state index contributed by atoms with van der Waals surface area (Å²) in [5.74, 6) is -1.39. The molecule has 1 rings (SSSR count). The van der Waals surface area contributed by atoms with Gasteiger partial charge < -0.3 is 0 Å². The van der Waals surface area contributed by atoms with E-state index in [1.165, 1.54) is 6.07 Å². The van der Waals surface area contributed by atoms with E-state index in [2.05, 4.69) is 0 Å². The van der Waals surface area contributed by atoms with Gasteiger partial charge in [-0.15, -0.1) is 0 Å². The molecule has 0 radical (unpaired) electrons. The summed E-state index contributed by atoms with van der Waals surface area (Å²) in [6, 6.07) is 2.33. The van der Waals surface area contributed by atoms with E-state index < -0.39 is 12.2 Å². The molecule has 6 heteroatoms. The first kappa shape index (κ1) is 11.7. The summed E-state index contributed by atoms with van der Waals surface area (Å²) >= 11 is 16.6. The monoisotopic (exact) mass is 258 g/mol. The molecule has 0 N–H and O–H groups in total. The van der Waals surface area contributed by atoms with Gasteiger partial charge in [-0.2, -0.15) is 0 Å². The molecule has 0 aliphatic carbocycles. The van der Waals surface area contributed by atoms with E-state index in [-0.39, 0.29) is 20.6 Å². The van der Waals surface area contributed by atoms with Crippen LogP contribution in [-0.4, -0.2) is 12.2 Å².